The first-order chi connectivity index (χ1) is 19.3. The Balaban J connectivity index is 1.26. The Morgan fingerprint density at radius 3 is 1.72 bits per heavy atom. The van der Waals surface area contributed by atoms with Crippen LogP contribution in [-0.4, -0.2) is 16.6 Å². The lowest BCUT2D eigenvalue weighted by molar-refractivity contribution is 0.248. The first kappa shape index (κ1) is 31.6. The van der Waals surface area contributed by atoms with Gasteiger partial charge >= 0.3 is 0 Å². The van der Waals surface area contributed by atoms with Crippen LogP contribution in [0.2, 0.25) is 0 Å². The van der Waals surface area contributed by atoms with E-state index in [1.807, 2.05) is 12.4 Å². The molecule has 218 valence electrons. The van der Waals surface area contributed by atoms with Gasteiger partial charge in [-0.3, -0.25) is 0 Å². The molecule has 0 bridgehead atoms. The fourth-order valence-corrected chi connectivity index (χ4v) is 6.15. The molecule has 1 aromatic carbocycles. The van der Waals surface area contributed by atoms with Gasteiger partial charge in [0.15, 0.2) is 5.82 Å². The molecule has 3 heteroatoms. The van der Waals surface area contributed by atoms with Crippen molar-refractivity contribution < 1.29 is 4.74 Å². The third-order valence-corrected chi connectivity index (χ3v) is 8.86. The van der Waals surface area contributed by atoms with Crippen LogP contribution in [-0.2, 0) is 6.42 Å². The number of ether oxygens (including phenoxy) is 1. The smallest absolute Gasteiger partial charge is 0.159 e. The highest BCUT2D eigenvalue weighted by molar-refractivity contribution is 5.55. The summed E-state index contributed by atoms with van der Waals surface area (Å²) in [4.78, 5) is 9.37. The fraction of sp³-hybridized carbons (Fsp3) is 0.722. The molecule has 0 atom stereocenters. The SMILES string of the molecule is CCCCCCCCCCCOc1ccc(-c2ncc(CC[C@H]3CC[C@H](CCCCCCC)CC3)cn2)cc1. The van der Waals surface area contributed by atoms with Crippen molar-refractivity contribution in [3.8, 4) is 17.1 Å². The maximum atomic E-state index is 5.96. The van der Waals surface area contributed by atoms with E-state index < -0.39 is 0 Å². The fourth-order valence-electron chi connectivity index (χ4n) is 6.15. The number of rotatable bonds is 21. The van der Waals surface area contributed by atoms with E-state index in [9.17, 15) is 0 Å². The molecule has 1 aliphatic rings. The highest BCUT2D eigenvalue weighted by Crippen LogP contribution is 2.34. The summed E-state index contributed by atoms with van der Waals surface area (Å²) in [5.41, 5.74) is 2.34. The predicted molar refractivity (Wildman–Crippen MR) is 167 cm³/mol. The van der Waals surface area contributed by atoms with Gasteiger partial charge < -0.3 is 4.74 Å². The molecule has 0 spiro atoms. The Bertz CT molecular complexity index is 839. The molecule has 0 radical (unpaired) electrons. The molecule has 39 heavy (non-hydrogen) atoms. The Morgan fingerprint density at radius 2 is 1.13 bits per heavy atom. The first-order valence-electron chi connectivity index (χ1n) is 16.8. The highest BCUT2D eigenvalue weighted by atomic mass is 16.5. The maximum absolute atomic E-state index is 5.96. The van der Waals surface area contributed by atoms with Crippen molar-refractivity contribution in [2.45, 2.75) is 149 Å². The number of nitrogens with zero attached hydrogens (tertiary/aromatic N) is 2. The molecule has 1 saturated carbocycles. The van der Waals surface area contributed by atoms with E-state index in [-0.39, 0.29) is 0 Å². The van der Waals surface area contributed by atoms with Crippen LogP contribution in [0.5, 0.6) is 5.75 Å². The third-order valence-electron chi connectivity index (χ3n) is 8.86. The molecule has 0 N–H and O–H groups in total. The van der Waals surface area contributed by atoms with Crippen LogP contribution in [0, 0.1) is 11.8 Å². The van der Waals surface area contributed by atoms with E-state index in [1.54, 1.807) is 0 Å². The molecule has 1 fully saturated rings. The average Bonchev–Trinajstić information content (AvgIpc) is 2.98. The van der Waals surface area contributed by atoms with E-state index in [0.717, 1.165) is 48.4 Å². The van der Waals surface area contributed by atoms with Gasteiger partial charge in [0.05, 0.1) is 6.61 Å². The van der Waals surface area contributed by atoms with Crippen LogP contribution in [0.25, 0.3) is 11.4 Å². The average molecular weight is 535 g/mol. The summed E-state index contributed by atoms with van der Waals surface area (Å²) in [6.07, 6.45) is 32.8. The predicted octanol–water partition coefficient (Wildman–Crippen LogP) is 11.2. The highest BCUT2D eigenvalue weighted by Gasteiger charge is 2.20. The van der Waals surface area contributed by atoms with Crippen LogP contribution < -0.4 is 4.74 Å². The van der Waals surface area contributed by atoms with Crippen molar-refractivity contribution in [1.82, 2.24) is 9.97 Å². The monoisotopic (exact) mass is 534 g/mol. The Kier molecular flexibility index (Phi) is 16.3. The molecule has 0 aliphatic heterocycles. The summed E-state index contributed by atoms with van der Waals surface area (Å²) in [5.74, 6) is 3.64. The standard InChI is InChI=1S/C36H58N2O/c1-3-5-7-9-10-11-12-14-16-28-39-35-26-24-34(25-27-35)36-37-29-33(30-38-36)23-22-32-20-18-31(19-21-32)17-15-13-8-6-4-2/h24-27,29-32H,3-23,28H2,1-2H3/t31-,32-. The van der Waals surface area contributed by atoms with Gasteiger partial charge in [0.2, 0.25) is 0 Å². The minimum Gasteiger partial charge on any atom is -0.494 e. The summed E-state index contributed by atoms with van der Waals surface area (Å²) in [5, 5.41) is 0. The van der Waals surface area contributed by atoms with Crippen LogP contribution in [0.1, 0.15) is 148 Å². The number of benzene rings is 1. The third kappa shape index (κ3) is 13.3. The van der Waals surface area contributed by atoms with Gasteiger partial charge in [0.25, 0.3) is 0 Å². The molecule has 1 heterocycles. The molecule has 2 aromatic rings. The zero-order chi connectivity index (χ0) is 27.4. The summed E-state index contributed by atoms with van der Waals surface area (Å²) in [6.45, 7) is 5.39. The molecular formula is C36H58N2O. The van der Waals surface area contributed by atoms with Crippen molar-refractivity contribution >= 4 is 0 Å². The molecule has 3 rings (SSSR count). The normalized spacial score (nSPS) is 17.4. The quantitative estimate of drug-likeness (QED) is 0.149. The van der Waals surface area contributed by atoms with Crippen LogP contribution in [0.3, 0.4) is 0 Å². The van der Waals surface area contributed by atoms with Gasteiger partial charge in [-0.1, -0.05) is 129 Å². The van der Waals surface area contributed by atoms with Crippen LogP contribution in [0.4, 0.5) is 0 Å². The Morgan fingerprint density at radius 1 is 0.615 bits per heavy atom. The van der Waals surface area contributed by atoms with E-state index in [4.69, 9.17) is 4.74 Å². The zero-order valence-corrected chi connectivity index (χ0v) is 25.5. The number of aromatic nitrogens is 2. The lowest BCUT2D eigenvalue weighted by Gasteiger charge is -2.28. The zero-order valence-electron chi connectivity index (χ0n) is 25.5. The molecule has 1 aliphatic carbocycles. The number of unbranched alkanes of at least 4 members (excludes halogenated alkanes) is 12. The second-order valence-corrected chi connectivity index (χ2v) is 12.2. The largest absolute Gasteiger partial charge is 0.494 e. The van der Waals surface area contributed by atoms with E-state index in [1.165, 1.54) is 128 Å². The lowest BCUT2D eigenvalue weighted by Crippen LogP contribution is -2.15. The second-order valence-electron chi connectivity index (χ2n) is 12.2. The number of aryl methyl sites for hydroxylation is 1. The lowest BCUT2D eigenvalue weighted by atomic mass is 9.78. The van der Waals surface area contributed by atoms with E-state index in [0.29, 0.717) is 0 Å². The summed E-state index contributed by atoms with van der Waals surface area (Å²) in [6, 6.07) is 8.29. The molecule has 3 nitrogen and oxygen atoms in total. The maximum Gasteiger partial charge on any atom is 0.159 e. The minimum absolute atomic E-state index is 0.807. The molecule has 0 unspecified atom stereocenters. The van der Waals surface area contributed by atoms with Gasteiger partial charge in [-0.05, 0) is 60.9 Å². The van der Waals surface area contributed by atoms with Gasteiger partial charge in [0, 0.05) is 18.0 Å². The number of hydrogen-bond donors (Lipinski definition) is 0. The van der Waals surface area contributed by atoms with Gasteiger partial charge in [-0.2, -0.15) is 0 Å². The Labute approximate surface area is 241 Å². The van der Waals surface area contributed by atoms with Crippen molar-refractivity contribution in [2.75, 3.05) is 6.61 Å². The van der Waals surface area contributed by atoms with Gasteiger partial charge in [-0.15, -0.1) is 0 Å². The Hall–Kier alpha value is -1.90. The van der Waals surface area contributed by atoms with Crippen molar-refractivity contribution in [3.05, 3.63) is 42.2 Å². The van der Waals surface area contributed by atoms with Gasteiger partial charge in [0.1, 0.15) is 5.75 Å². The van der Waals surface area contributed by atoms with Gasteiger partial charge in [-0.25, -0.2) is 9.97 Å². The van der Waals surface area contributed by atoms with Crippen molar-refractivity contribution in [1.29, 1.82) is 0 Å². The molecule has 1 aromatic heterocycles. The summed E-state index contributed by atoms with van der Waals surface area (Å²) >= 11 is 0. The topological polar surface area (TPSA) is 35.0 Å². The molecule has 0 amide bonds. The summed E-state index contributed by atoms with van der Waals surface area (Å²) in [7, 11) is 0. The summed E-state index contributed by atoms with van der Waals surface area (Å²) < 4.78 is 5.96. The molecular weight excluding hydrogens is 476 g/mol. The number of hydrogen-bond acceptors (Lipinski definition) is 3. The van der Waals surface area contributed by atoms with Crippen LogP contribution >= 0.6 is 0 Å². The first-order valence-corrected chi connectivity index (χ1v) is 16.8. The minimum atomic E-state index is 0.807. The molecule has 0 saturated heterocycles. The van der Waals surface area contributed by atoms with E-state index in [2.05, 4.69) is 48.1 Å². The van der Waals surface area contributed by atoms with Crippen LogP contribution in [0.15, 0.2) is 36.7 Å². The van der Waals surface area contributed by atoms with Crippen molar-refractivity contribution in [2.24, 2.45) is 11.8 Å². The second kappa shape index (κ2) is 20.0. The van der Waals surface area contributed by atoms with E-state index >= 15 is 0 Å². The van der Waals surface area contributed by atoms with Crippen molar-refractivity contribution in [3.63, 3.8) is 0 Å².